The first kappa shape index (κ1) is 13.2. The molecule has 0 spiro atoms. The molecule has 2 atom stereocenters. The van der Waals surface area contributed by atoms with Gasteiger partial charge in [-0.1, -0.05) is 0 Å². The van der Waals surface area contributed by atoms with Gasteiger partial charge in [-0.2, -0.15) is 0 Å². The smallest absolute Gasteiger partial charge is 0.410 e. The highest BCUT2D eigenvalue weighted by molar-refractivity contribution is 5.74. The molecule has 0 radical (unpaired) electrons. The van der Waals surface area contributed by atoms with E-state index in [0.717, 1.165) is 13.0 Å². The summed E-state index contributed by atoms with van der Waals surface area (Å²) in [6.45, 7) is 9.34. The van der Waals surface area contributed by atoms with Crippen LogP contribution in [0.3, 0.4) is 0 Å². The normalized spacial score (nSPS) is 27.3. The third-order valence-electron chi connectivity index (χ3n) is 3.60. The van der Waals surface area contributed by atoms with E-state index in [1.54, 1.807) is 11.8 Å². The number of fused-ring (bicyclic) bond motifs is 1. The zero-order valence-electron chi connectivity index (χ0n) is 11.6. The number of likely N-dealkylation sites (tertiary alicyclic amines) is 2. The van der Waals surface area contributed by atoms with Gasteiger partial charge in [0, 0.05) is 32.5 Å². The number of carbonyl (C=O) groups is 2. The molecular weight excluding hydrogens is 232 g/mol. The molecule has 0 aromatic heterocycles. The molecule has 0 aromatic rings. The molecule has 2 fully saturated rings. The summed E-state index contributed by atoms with van der Waals surface area (Å²) in [4.78, 5) is 27.1. The molecule has 5 nitrogen and oxygen atoms in total. The van der Waals surface area contributed by atoms with Gasteiger partial charge < -0.3 is 14.5 Å². The van der Waals surface area contributed by atoms with Crippen molar-refractivity contribution in [3.05, 3.63) is 0 Å². The van der Waals surface area contributed by atoms with E-state index < -0.39 is 5.60 Å². The van der Waals surface area contributed by atoms with Crippen LogP contribution in [0.2, 0.25) is 0 Å². The van der Waals surface area contributed by atoms with E-state index in [1.165, 1.54) is 0 Å². The first-order valence-corrected chi connectivity index (χ1v) is 6.53. The lowest BCUT2D eigenvalue weighted by Gasteiger charge is -2.26. The van der Waals surface area contributed by atoms with Crippen LogP contribution in [0, 0.1) is 5.92 Å². The van der Waals surface area contributed by atoms with Crippen LogP contribution in [0.25, 0.3) is 0 Å². The van der Waals surface area contributed by atoms with E-state index >= 15 is 0 Å². The zero-order chi connectivity index (χ0) is 13.5. The summed E-state index contributed by atoms with van der Waals surface area (Å²) >= 11 is 0. The van der Waals surface area contributed by atoms with E-state index in [1.807, 2.05) is 25.7 Å². The number of amides is 2. The van der Waals surface area contributed by atoms with Crippen LogP contribution in [0.15, 0.2) is 0 Å². The molecule has 5 heteroatoms. The lowest BCUT2D eigenvalue weighted by molar-refractivity contribution is -0.129. The Bertz CT molecular complexity index is 362. The van der Waals surface area contributed by atoms with Gasteiger partial charge in [0.25, 0.3) is 0 Å². The summed E-state index contributed by atoms with van der Waals surface area (Å²) in [7, 11) is 0. The van der Waals surface area contributed by atoms with Gasteiger partial charge in [-0.3, -0.25) is 4.79 Å². The van der Waals surface area contributed by atoms with Crippen LogP contribution in [0.5, 0.6) is 0 Å². The standard InChI is InChI=1S/C13H22N2O3/c1-9(16)15-6-5-10-7-14(8-11(10)15)12(17)18-13(2,3)4/h10-11H,5-8H2,1-4H3/t10-,11+/m1/s1. The van der Waals surface area contributed by atoms with Gasteiger partial charge in [0.15, 0.2) is 0 Å². The highest BCUT2D eigenvalue weighted by Gasteiger charge is 2.44. The molecule has 2 rings (SSSR count). The van der Waals surface area contributed by atoms with Crippen molar-refractivity contribution in [1.82, 2.24) is 9.80 Å². The topological polar surface area (TPSA) is 49.9 Å². The molecule has 18 heavy (non-hydrogen) atoms. The van der Waals surface area contributed by atoms with Gasteiger partial charge in [0.1, 0.15) is 5.60 Å². The van der Waals surface area contributed by atoms with Crippen molar-refractivity contribution in [2.75, 3.05) is 19.6 Å². The van der Waals surface area contributed by atoms with Gasteiger partial charge in [0.05, 0.1) is 6.04 Å². The Labute approximate surface area is 108 Å². The van der Waals surface area contributed by atoms with E-state index in [2.05, 4.69) is 0 Å². The predicted molar refractivity (Wildman–Crippen MR) is 67.1 cm³/mol. The fourth-order valence-corrected chi connectivity index (χ4v) is 2.83. The lowest BCUT2D eigenvalue weighted by Crippen LogP contribution is -2.41. The Morgan fingerprint density at radius 1 is 1.22 bits per heavy atom. The molecule has 2 heterocycles. The number of carbonyl (C=O) groups excluding carboxylic acids is 2. The number of hydrogen-bond donors (Lipinski definition) is 0. The van der Waals surface area contributed by atoms with Crippen molar-refractivity contribution < 1.29 is 14.3 Å². The fourth-order valence-electron chi connectivity index (χ4n) is 2.83. The molecule has 0 N–H and O–H groups in total. The van der Waals surface area contributed by atoms with E-state index in [0.29, 0.717) is 19.0 Å². The van der Waals surface area contributed by atoms with Crippen LogP contribution in [0.4, 0.5) is 4.79 Å². The molecule has 2 aliphatic heterocycles. The van der Waals surface area contributed by atoms with Gasteiger partial charge in [0.2, 0.25) is 5.91 Å². The average Bonchev–Trinajstić information content (AvgIpc) is 2.70. The second-order valence-corrected chi connectivity index (χ2v) is 6.21. The first-order chi connectivity index (χ1) is 8.28. The maximum absolute atomic E-state index is 12.0. The Balaban J connectivity index is 1.97. The molecule has 102 valence electrons. The third kappa shape index (κ3) is 2.60. The highest BCUT2D eigenvalue weighted by Crippen LogP contribution is 2.32. The first-order valence-electron chi connectivity index (χ1n) is 6.53. The summed E-state index contributed by atoms with van der Waals surface area (Å²) in [5, 5.41) is 0. The predicted octanol–water partition coefficient (Wildman–Crippen LogP) is 1.47. The lowest BCUT2D eigenvalue weighted by atomic mass is 10.1. The van der Waals surface area contributed by atoms with Crippen LogP contribution in [-0.2, 0) is 9.53 Å². The summed E-state index contributed by atoms with van der Waals surface area (Å²) in [6.07, 6.45) is 0.726. The molecule has 0 saturated carbocycles. The largest absolute Gasteiger partial charge is 0.444 e. The summed E-state index contributed by atoms with van der Waals surface area (Å²) < 4.78 is 5.37. The Hall–Kier alpha value is -1.26. The molecule has 2 amide bonds. The molecule has 0 aliphatic carbocycles. The van der Waals surface area contributed by atoms with Crippen LogP contribution in [0.1, 0.15) is 34.1 Å². The summed E-state index contributed by atoms with van der Waals surface area (Å²) in [5.41, 5.74) is -0.463. The third-order valence-corrected chi connectivity index (χ3v) is 3.60. The molecule has 0 aromatic carbocycles. The quantitative estimate of drug-likeness (QED) is 0.658. The Morgan fingerprint density at radius 2 is 1.89 bits per heavy atom. The van der Waals surface area contributed by atoms with Crippen molar-refractivity contribution in [2.24, 2.45) is 5.92 Å². The fraction of sp³-hybridized carbons (Fsp3) is 0.846. The zero-order valence-corrected chi connectivity index (χ0v) is 11.6. The minimum atomic E-state index is -0.463. The molecule has 0 bridgehead atoms. The van der Waals surface area contributed by atoms with Crippen molar-refractivity contribution >= 4 is 12.0 Å². The second kappa shape index (κ2) is 4.44. The van der Waals surface area contributed by atoms with Crippen LogP contribution >= 0.6 is 0 Å². The molecule has 2 aliphatic rings. The van der Waals surface area contributed by atoms with Gasteiger partial charge in [-0.05, 0) is 27.2 Å². The van der Waals surface area contributed by atoms with Crippen LogP contribution in [-0.4, -0.2) is 53.1 Å². The molecular formula is C13H22N2O3. The van der Waals surface area contributed by atoms with E-state index in [9.17, 15) is 9.59 Å². The van der Waals surface area contributed by atoms with E-state index in [-0.39, 0.29) is 18.0 Å². The Morgan fingerprint density at radius 3 is 2.44 bits per heavy atom. The van der Waals surface area contributed by atoms with Crippen molar-refractivity contribution in [1.29, 1.82) is 0 Å². The maximum atomic E-state index is 12.0. The van der Waals surface area contributed by atoms with Crippen molar-refractivity contribution in [2.45, 2.75) is 45.8 Å². The second-order valence-electron chi connectivity index (χ2n) is 6.21. The maximum Gasteiger partial charge on any atom is 0.410 e. The molecule has 2 saturated heterocycles. The number of hydrogen-bond acceptors (Lipinski definition) is 3. The van der Waals surface area contributed by atoms with E-state index in [4.69, 9.17) is 4.74 Å². The minimum absolute atomic E-state index is 0.105. The Kier molecular flexibility index (Phi) is 3.25. The van der Waals surface area contributed by atoms with Gasteiger partial charge in [-0.15, -0.1) is 0 Å². The molecule has 0 unspecified atom stereocenters. The average molecular weight is 254 g/mol. The van der Waals surface area contributed by atoms with Gasteiger partial charge in [-0.25, -0.2) is 4.79 Å². The van der Waals surface area contributed by atoms with Crippen molar-refractivity contribution in [3.8, 4) is 0 Å². The number of nitrogens with zero attached hydrogens (tertiary/aromatic N) is 2. The van der Waals surface area contributed by atoms with Crippen LogP contribution < -0.4 is 0 Å². The number of rotatable bonds is 0. The van der Waals surface area contributed by atoms with Gasteiger partial charge >= 0.3 is 6.09 Å². The van der Waals surface area contributed by atoms with Crippen molar-refractivity contribution in [3.63, 3.8) is 0 Å². The monoisotopic (exact) mass is 254 g/mol. The summed E-state index contributed by atoms with van der Waals surface area (Å²) in [5.74, 6) is 0.523. The summed E-state index contributed by atoms with van der Waals surface area (Å²) in [6, 6.07) is 0.190. The SMILES string of the molecule is CC(=O)N1CC[C@@H]2CN(C(=O)OC(C)(C)C)C[C@@H]21. The highest BCUT2D eigenvalue weighted by atomic mass is 16.6. The number of ether oxygens (including phenoxy) is 1. The minimum Gasteiger partial charge on any atom is -0.444 e.